The summed E-state index contributed by atoms with van der Waals surface area (Å²) in [6, 6.07) is 3.77. The maximum Gasteiger partial charge on any atom is 0.289 e. The van der Waals surface area contributed by atoms with Crippen molar-refractivity contribution in [3.05, 3.63) is 50.6 Å². The van der Waals surface area contributed by atoms with Crippen LogP contribution < -0.4 is 0 Å². The summed E-state index contributed by atoms with van der Waals surface area (Å²) in [5.41, 5.74) is -0.503. The quantitative estimate of drug-likeness (QED) is 0.355. The predicted molar refractivity (Wildman–Crippen MR) is 84.4 cm³/mol. The Morgan fingerprint density at radius 2 is 1.77 bits per heavy atom. The molecule has 1 fully saturated rings. The van der Waals surface area contributed by atoms with Crippen molar-refractivity contribution in [2.45, 2.75) is 28.4 Å². The van der Waals surface area contributed by atoms with E-state index < -0.39 is 9.85 Å². The van der Waals surface area contributed by atoms with E-state index in [0.717, 1.165) is 18.9 Å². The molecule has 1 aromatic carbocycles. The minimum Gasteiger partial charge on any atom is -0.258 e. The first-order valence-corrected chi connectivity index (χ1v) is 8.21. The Labute approximate surface area is 135 Å². The summed E-state index contributed by atoms with van der Waals surface area (Å²) < 4.78 is 0. The van der Waals surface area contributed by atoms with Crippen LogP contribution in [-0.2, 0) is 0 Å². The van der Waals surface area contributed by atoms with Crippen molar-refractivity contribution in [2.24, 2.45) is 11.8 Å². The van der Waals surface area contributed by atoms with E-state index in [4.69, 9.17) is 11.6 Å². The molecule has 3 aliphatic rings. The van der Waals surface area contributed by atoms with Gasteiger partial charge in [0.15, 0.2) is 0 Å². The first-order valence-electron chi connectivity index (χ1n) is 6.89. The Morgan fingerprint density at radius 1 is 1.09 bits per heavy atom. The van der Waals surface area contributed by atoms with E-state index in [1.165, 1.54) is 23.9 Å². The van der Waals surface area contributed by atoms with Crippen molar-refractivity contribution in [1.29, 1.82) is 0 Å². The normalized spacial score (nSPS) is 29.5. The van der Waals surface area contributed by atoms with Crippen molar-refractivity contribution in [1.82, 2.24) is 0 Å². The molecule has 0 saturated heterocycles. The molecule has 8 heteroatoms. The maximum atomic E-state index is 11.2. The Hall–Kier alpha value is -1.60. The van der Waals surface area contributed by atoms with Gasteiger partial charge >= 0.3 is 0 Å². The number of nitro benzene ring substituents is 2. The van der Waals surface area contributed by atoms with Gasteiger partial charge in [0.2, 0.25) is 0 Å². The molecule has 0 N–H and O–H groups in total. The molecule has 116 valence electrons. The van der Waals surface area contributed by atoms with Gasteiger partial charge in [-0.25, -0.2) is 0 Å². The molecule has 3 aliphatic carbocycles. The van der Waals surface area contributed by atoms with E-state index in [1.807, 2.05) is 0 Å². The van der Waals surface area contributed by atoms with E-state index in [-0.39, 0.29) is 22.0 Å². The standard InChI is InChI=1S/C14H13ClN2O4S/c15-13-8-1-3-9(4-2-8)14(13)22-12-6-5-10(16(18)19)7-11(12)17(20)21/h1,3,5-9,13-14H,2,4H2. The molecule has 0 heterocycles. The fraction of sp³-hybridized carbons (Fsp3) is 0.429. The number of thioether (sulfide) groups is 1. The van der Waals surface area contributed by atoms with Crippen LogP contribution in [0.15, 0.2) is 35.2 Å². The van der Waals surface area contributed by atoms with Crippen LogP contribution in [0.2, 0.25) is 0 Å². The zero-order valence-corrected chi connectivity index (χ0v) is 13.0. The van der Waals surface area contributed by atoms with Crippen molar-refractivity contribution in [3.63, 3.8) is 0 Å². The highest BCUT2D eigenvalue weighted by Crippen LogP contribution is 2.48. The second kappa shape index (κ2) is 5.89. The molecule has 0 spiro atoms. The molecular formula is C14H13ClN2O4S. The number of allylic oxidation sites excluding steroid dienone is 2. The van der Waals surface area contributed by atoms with Gasteiger partial charge in [-0.15, -0.1) is 23.4 Å². The number of hydrogen-bond acceptors (Lipinski definition) is 5. The number of nitrogens with zero attached hydrogens (tertiary/aromatic N) is 2. The molecule has 1 saturated carbocycles. The largest absolute Gasteiger partial charge is 0.289 e. The van der Waals surface area contributed by atoms with E-state index in [2.05, 4.69) is 12.2 Å². The number of benzene rings is 1. The minimum atomic E-state index is -0.628. The lowest BCUT2D eigenvalue weighted by molar-refractivity contribution is -0.396. The lowest BCUT2D eigenvalue weighted by Gasteiger charge is -2.41. The predicted octanol–water partition coefficient (Wildman–Crippen LogP) is 4.17. The highest BCUT2D eigenvalue weighted by atomic mass is 35.5. The number of nitro groups is 2. The number of hydrogen-bond donors (Lipinski definition) is 0. The van der Waals surface area contributed by atoms with Crippen LogP contribution in [0, 0.1) is 32.1 Å². The topological polar surface area (TPSA) is 86.3 Å². The monoisotopic (exact) mass is 340 g/mol. The van der Waals surface area contributed by atoms with Gasteiger partial charge < -0.3 is 0 Å². The number of fused-ring (bicyclic) bond motifs is 2. The molecule has 0 radical (unpaired) electrons. The third-order valence-corrected chi connectivity index (χ3v) is 6.46. The zero-order chi connectivity index (χ0) is 15.9. The molecule has 4 rings (SSSR count). The van der Waals surface area contributed by atoms with E-state index >= 15 is 0 Å². The summed E-state index contributed by atoms with van der Waals surface area (Å²) in [7, 11) is 0. The first-order chi connectivity index (χ1) is 10.5. The molecule has 1 aromatic rings. The summed E-state index contributed by atoms with van der Waals surface area (Å²) >= 11 is 7.86. The molecular weight excluding hydrogens is 328 g/mol. The summed E-state index contributed by atoms with van der Waals surface area (Å²) in [5, 5.41) is 22.0. The summed E-state index contributed by atoms with van der Waals surface area (Å²) in [5.74, 6) is 0.605. The van der Waals surface area contributed by atoms with Crippen molar-refractivity contribution in [2.75, 3.05) is 0 Å². The van der Waals surface area contributed by atoms with Crippen LogP contribution in [-0.4, -0.2) is 20.5 Å². The molecule has 22 heavy (non-hydrogen) atoms. The summed E-state index contributed by atoms with van der Waals surface area (Å²) in [4.78, 5) is 21.2. The van der Waals surface area contributed by atoms with Gasteiger partial charge in [0, 0.05) is 11.3 Å². The van der Waals surface area contributed by atoms with Gasteiger partial charge in [0.05, 0.1) is 26.2 Å². The average Bonchev–Trinajstić information content (AvgIpc) is 2.51. The van der Waals surface area contributed by atoms with Gasteiger partial charge in [0.25, 0.3) is 11.4 Å². The Kier molecular flexibility index (Phi) is 4.10. The summed E-state index contributed by atoms with van der Waals surface area (Å²) in [6.45, 7) is 0. The number of rotatable bonds is 4. The van der Waals surface area contributed by atoms with Crippen molar-refractivity contribution in [3.8, 4) is 0 Å². The average molecular weight is 341 g/mol. The molecule has 0 aromatic heterocycles. The third-order valence-electron chi connectivity index (χ3n) is 4.20. The summed E-state index contributed by atoms with van der Waals surface area (Å²) in [6.07, 6.45) is 6.35. The SMILES string of the molecule is O=[N+]([O-])c1ccc(SC2C3C=CC(CC3)C2Cl)c([N+](=O)[O-])c1. The lowest BCUT2D eigenvalue weighted by atomic mass is 9.75. The Morgan fingerprint density at radius 3 is 2.32 bits per heavy atom. The second-order valence-corrected chi connectivity index (χ2v) is 7.21. The van der Waals surface area contributed by atoms with Gasteiger partial charge in [-0.1, -0.05) is 12.2 Å². The van der Waals surface area contributed by atoms with E-state index in [0.29, 0.717) is 16.7 Å². The number of non-ortho nitro benzene ring substituents is 1. The van der Waals surface area contributed by atoms with Crippen molar-refractivity contribution >= 4 is 34.7 Å². The smallest absolute Gasteiger partial charge is 0.258 e. The number of halogens is 1. The van der Waals surface area contributed by atoms with Gasteiger partial charge in [-0.3, -0.25) is 20.2 Å². The van der Waals surface area contributed by atoms with Gasteiger partial charge in [-0.05, 0) is 30.7 Å². The van der Waals surface area contributed by atoms with Crippen LogP contribution in [0.4, 0.5) is 11.4 Å². The van der Waals surface area contributed by atoms with Crippen LogP contribution in [0.25, 0.3) is 0 Å². The molecule has 0 aliphatic heterocycles. The van der Waals surface area contributed by atoms with Crippen LogP contribution in [0.5, 0.6) is 0 Å². The molecule has 4 atom stereocenters. The highest BCUT2D eigenvalue weighted by Gasteiger charge is 2.41. The fourth-order valence-electron chi connectivity index (χ4n) is 3.04. The van der Waals surface area contributed by atoms with E-state index in [1.54, 1.807) is 0 Å². The van der Waals surface area contributed by atoms with Crippen molar-refractivity contribution < 1.29 is 9.85 Å². The molecule has 2 bridgehead atoms. The molecule has 0 amide bonds. The maximum absolute atomic E-state index is 11.2. The second-order valence-electron chi connectivity index (χ2n) is 5.48. The molecule has 4 unspecified atom stereocenters. The van der Waals surface area contributed by atoms with Crippen LogP contribution in [0.1, 0.15) is 12.8 Å². The minimum absolute atomic E-state index is 0.0607. The lowest BCUT2D eigenvalue weighted by Crippen LogP contribution is -2.39. The zero-order valence-electron chi connectivity index (χ0n) is 11.4. The van der Waals surface area contributed by atoms with Gasteiger partial charge in [-0.2, -0.15) is 0 Å². The first kappa shape index (κ1) is 15.3. The molecule has 6 nitrogen and oxygen atoms in total. The Balaban J connectivity index is 1.90. The van der Waals surface area contributed by atoms with Crippen LogP contribution in [0.3, 0.4) is 0 Å². The number of alkyl halides is 1. The van der Waals surface area contributed by atoms with E-state index in [9.17, 15) is 20.2 Å². The fourth-order valence-corrected chi connectivity index (χ4v) is 5.02. The highest BCUT2D eigenvalue weighted by molar-refractivity contribution is 8.00. The van der Waals surface area contributed by atoms with Gasteiger partial charge in [0.1, 0.15) is 0 Å². The third kappa shape index (κ3) is 2.70. The Bertz CT molecular complexity index is 666. The van der Waals surface area contributed by atoms with Crippen LogP contribution >= 0.6 is 23.4 Å².